The van der Waals surface area contributed by atoms with E-state index in [1.54, 1.807) is 7.11 Å². The van der Waals surface area contributed by atoms with Crippen LogP contribution in [0.1, 0.15) is 31.4 Å². The number of rotatable bonds is 5. The predicted molar refractivity (Wildman–Crippen MR) is 72.8 cm³/mol. The highest BCUT2D eigenvalue weighted by molar-refractivity contribution is 5.90. The van der Waals surface area contributed by atoms with Crippen LogP contribution in [0.25, 0.3) is 5.57 Å². The lowest BCUT2D eigenvalue weighted by atomic mass is 9.95. The Morgan fingerprint density at radius 2 is 2.11 bits per heavy atom. The molecular formula is C15H20O3. The minimum atomic E-state index is -0.904. The van der Waals surface area contributed by atoms with E-state index in [0.29, 0.717) is 5.92 Å². The molecule has 0 saturated carbocycles. The number of ether oxygens (including phenoxy) is 1. The summed E-state index contributed by atoms with van der Waals surface area (Å²) in [5.74, 6) is 0.329. The smallest absolute Gasteiger partial charge is 0.328 e. The maximum absolute atomic E-state index is 10.9. The van der Waals surface area contributed by atoms with Gasteiger partial charge in [0.15, 0.2) is 0 Å². The molecule has 1 N–H and O–H groups in total. The first kappa shape index (κ1) is 14.3. The largest absolute Gasteiger partial charge is 0.496 e. The van der Waals surface area contributed by atoms with E-state index in [-0.39, 0.29) is 0 Å². The number of methoxy groups -OCH3 is 1. The Balaban J connectivity index is 3.13. The molecule has 1 rings (SSSR count). The molecule has 1 aromatic rings. The molecule has 1 aromatic carbocycles. The van der Waals surface area contributed by atoms with E-state index in [1.165, 1.54) is 6.08 Å². The third kappa shape index (κ3) is 3.91. The average Bonchev–Trinajstić information content (AvgIpc) is 2.26. The van der Waals surface area contributed by atoms with Gasteiger partial charge in [-0.3, -0.25) is 0 Å². The molecule has 0 aromatic heterocycles. The summed E-state index contributed by atoms with van der Waals surface area (Å²) in [7, 11) is 1.63. The van der Waals surface area contributed by atoms with E-state index in [2.05, 4.69) is 13.8 Å². The van der Waals surface area contributed by atoms with Gasteiger partial charge in [0, 0.05) is 6.08 Å². The lowest BCUT2D eigenvalue weighted by molar-refractivity contribution is -0.131. The molecule has 0 spiro atoms. The summed E-state index contributed by atoms with van der Waals surface area (Å²) in [4.78, 5) is 10.9. The van der Waals surface area contributed by atoms with Gasteiger partial charge in [-0.25, -0.2) is 4.79 Å². The zero-order valence-electron chi connectivity index (χ0n) is 11.4. The molecule has 0 radical (unpaired) electrons. The molecular weight excluding hydrogens is 228 g/mol. The van der Waals surface area contributed by atoms with Crippen molar-refractivity contribution < 1.29 is 14.6 Å². The molecule has 0 aliphatic carbocycles. The van der Waals surface area contributed by atoms with Crippen molar-refractivity contribution in [3.05, 3.63) is 35.4 Å². The average molecular weight is 248 g/mol. The number of carbonyl (C=O) groups is 1. The van der Waals surface area contributed by atoms with Crippen molar-refractivity contribution in [3.63, 3.8) is 0 Å². The van der Waals surface area contributed by atoms with Gasteiger partial charge in [0.05, 0.1) is 7.11 Å². The van der Waals surface area contributed by atoms with Gasteiger partial charge in [-0.05, 0) is 48.1 Å². The van der Waals surface area contributed by atoms with Crippen LogP contribution < -0.4 is 4.74 Å². The zero-order valence-corrected chi connectivity index (χ0v) is 11.4. The van der Waals surface area contributed by atoms with Crippen molar-refractivity contribution in [2.75, 3.05) is 7.11 Å². The fraction of sp³-hybridized carbons (Fsp3) is 0.400. The highest BCUT2D eigenvalue weighted by atomic mass is 16.5. The number of benzene rings is 1. The first-order valence-corrected chi connectivity index (χ1v) is 6.02. The summed E-state index contributed by atoms with van der Waals surface area (Å²) >= 11 is 0. The van der Waals surface area contributed by atoms with Crippen molar-refractivity contribution in [3.8, 4) is 5.75 Å². The predicted octanol–water partition coefficient (Wildman–Crippen LogP) is 3.52. The summed E-state index contributed by atoms with van der Waals surface area (Å²) in [6.07, 6.45) is 2.04. The highest BCUT2D eigenvalue weighted by Crippen LogP contribution is 2.27. The number of allylic oxidation sites excluding steroid dienone is 1. The van der Waals surface area contributed by atoms with Crippen LogP contribution in [-0.2, 0) is 4.79 Å². The minimum absolute atomic E-state index is 0.415. The molecule has 3 nitrogen and oxygen atoms in total. The van der Waals surface area contributed by atoms with Crippen LogP contribution in [0.3, 0.4) is 0 Å². The molecule has 0 bridgehead atoms. The van der Waals surface area contributed by atoms with Crippen LogP contribution in [0.5, 0.6) is 5.75 Å². The second kappa shape index (κ2) is 6.24. The summed E-state index contributed by atoms with van der Waals surface area (Å²) in [6, 6.07) is 5.75. The van der Waals surface area contributed by atoms with E-state index in [1.807, 2.05) is 25.1 Å². The molecule has 3 heteroatoms. The van der Waals surface area contributed by atoms with Gasteiger partial charge >= 0.3 is 5.97 Å². The number of hydrogen-bond acceptors (Lipinski definition) is 2. The van der Waals surface area contributed by atoms with Crippen molar-refractivity contribution >= 4 is 11.5 Å². The van der Waals surface area contributed by atoms with Gasteiger partial charge in [-0.15, -0.1) is 0 Å². The van der Waals surface area contributed by atoms with Crippen molar-refractivity contribution in [1.82, 2.24) is 0 Å². The quantitative estimate of drug-likeness (QED) is 0.811. The van der Waals surface area contributed by atoms with Crippen LogP contribution in [0.15, 0.2) is 24.3 Å². The Labute approximate surface area is 108 Å². The van der Waals surface area contributed by atoms with Gasteiger partial charge in [0.2, 0.25) is 0 Å². The first-order chi connectivity index (χ1) is 8.43. The van der Waals surface area contributed by atoms with Crippen LogP contribution in [-0.4, -0.2) is 18.2 Å². The molecule has 0 aliphatic heterocycles. The van der Waals surface area contributed by atoms with E-state index in [9.17, 15) is 4.79 Å². The highest BCUT2D eigenvalue weighted by Gasteiger charge is 2.09. The fourth-order valence-corrected chi connectivity index (χ4v) is 1.93. The zero-order chi connectivity index (χ0) is 13.7. The third-order valence-corrected chi connectivity index (χ3v) is 2.69. The first-order valence-electron chi connectivity index (χ1n) is 6.02. The number of hydrogen-bond donors (Lipinski definition) is 1. The molecule has 0 aliphatic rings. The topological polar surface area (TPSA) is 46.5 Å². The minimum Gasteiger partial charge on any atom is -0.496 e. The molecule has 0 unspecified atom stereocenters. The van der Waals surface area contributed by atoms with E-state index in [0.717, 1.165) is 28.9 Å². The second-order valence-corrected chi connectivity index (χ2v) is 4.79. The summed E-state index contributed by atoms with van der Waals surface area (Å²) < 4.78 is 5.21. The molecule has 0 heterocycles. The Morgan fingerprint density at radius 1 is 1.44 bits per heavy atom. The van der Waals surface area contributed by atoms with Crippen molar-refractivity contribution in [1.29, 1.82) is 0 Å². The molecule has 0 amide bonds. The standard InChI is InChI=1S/C15H20O3/c1-10(2)7-13(9-15(16)17)12-5-6-14(18-4)11(3)8-12/h5-6,8-10H,7H2,1-4H3,(H,16,17)/b13-9+. The van der Waals surface area contributed by atoms with Gasteiger partial charge < -0.3 is 9.84 Å². The molecule has 0 saturated heterocycles. The van der Waals surface area contributed by atoms with Crippen LogP contribution in [0.2, 0.25) is 0 Å². The number of aliphatic carboxylic acids is 1. The molecule has 98 valence electrons. The van der Waals surface area contributed by atoms with E-state index >= 15 is 0 Å². The molecule has 18 heavy (non-hydrogen) atoms. The van der Waals surface area contributed by atoms with E-state index < -0.39 is 5.97 Å². The Morgan fingerprint density at radius 3 is 2.56 bits per heavy atom. The van der Waals surface area contributed by atoms with Crippen molar-refractivity contribution in [2.24, 2.45) is 5.92 Å². The molecule has 0 atom stereocenters. The second-order valence-electron chi connectivity index (χ2n) is 4.79. The van der Waals surface area contributed by atoms with E-state index in [4.69, 9.17) is 9.84 Å². The van der Waals surface area contributed by atoms with Crippen LogP contribution in [0.4, 0.5) is 0 Å². The number of aryl methyl sites for hydroxylation is 1. The maximum Gasteiger partial charge on any atom is 0.328 e. The Bertz CT molecular complexity index is 459. The van der Waals surface area contributed by atoms with Crippen LogP contribution >= 0.6 is 0 Å². The molecule has 0 fully saturated rings. The van der Waals surface area contributed by atoms with Gasteiger partial charge in [-0.2, -0.15) is 0 Å². The summed E-state index contributed by atoms with van der Waals surface area (Å²) in [5.41, 5.74) is 2.81. The number of carboxylic acids is 1. The van der Waals surface area contributed by atoms with Gasteiger partial charge in [0.1, 0.15) is 5.75 Å². The SMILES string of the molecule is COc1ccc(/C(=C/C(=O)O)CC(C)C)cc1C. The number of carboxylic acid groups (broad SMARTS) is 1. The Hall–Kier alpha value is -1.77. The van der Waals surface area contributed by atoms with Gasteiger partial charge in [0.25, 0.3) is 0 Å². The van der Waals surface area contributed by atoms with Gasteiger partial charge in [-0.1, -0.05) is 19.9 Å². The lowest BCUT2D eigenvalue weighted by Gasteiger charge is -2.12. The maximum atomic E-state index is 10.9. The summed E-state index contributed by atoms with van der Waals surface area (Å²) in [6.45, 7) is 6.11. The normalized spacial score (nSPS) is 11.7. The Kier molecular flexibility index (Phi) is 4.95. The lowest BCUT2D eigenvalue weighted by Crippen LogP contribution is -1.98. The van der Waals surface area contributed by atoms with Crippen molar-refractivity contribution in [2.45, 2.75) is 27.2 Å². The third-order valence-electron chi connectivity index (χ3n) is 2.69. The summed E-state index contributed by atoms with van der Waals surface area (Å²) in [5, 5.41) is 8.93. The fourth-order valence-electron chi connectivity index (χ4n) is 1.93. The van der Waals surface area contributed by atoms with Crippen LogP contribution in [0, 0.1) is 12.8 Å². The monoisotopic (exact) mass is 248 g/mol.